The fraction of sp³-hybridized carbons (Fsp3) is 0.348. The lowest BCUT2D eigenvalue weighted by Gasteiger charge is -2.19. The molecule has 0 spiro atoms. The Kier molecular flexibility index (Phi) is 7.57. The minimum absolute atomic E-state index is 0.201. The Balaban J connectivity index is 1.54. The molecule has 0 radical (unpaired) electrons. The van der Waals surface area contributed by atoms with Gasteiger partial charge in [-0.05, 0) is 54.8 Å². The van der Waals surface area contributed by atoms with Crippen LogP contribution in [0.4, 0.5) is 0 Å². The van der Waals surface area contributed by atoms with Crippen molar-refractivity contribution in [2.24, 2.45) is 5.10 Å². The highest BCUT2D eigenvalue weighted by Gasteiger charge is 2.32. The largest absolute Gasteiger partial charge is 0.493 e. The van der Waals surface area contributed by atoms with Gasteiger partial charge in [0.15, 0.2) is 5.17 Å². The van der Waals surface area contributed by atoms with Crippen molar-refractivity contribution in [2.45, 2.75) is 39.5 Å². The predicted molar refractivity (Wildman–Crippen MR) is 122 cm³/mol. The molecular weight excluding hydrogens is 414 g/mol. The topological polar surface area (TPSA) is 80.2 Å². The zero-order chi connectivity index (χ0) is 22.4. The lowest BCUT2D eigenvalue weighted by Crippen LogP contribution is -2.25. The highest BCUT2D eigenvalue weighted by Crippen LogP contribution is 2.39. The summed E-state index contributed by atoms with van der Waals surface area (Å²) in [7, 11) is 0. The molecule has 1 N–H and O–H groups in total. The molecule has 31 heavy (non-hydrogen) atoms. The zero-order valence-electron chi connectivity index (χ0n) is 18.2. The minimum Gasteiger partial charge on any atom is -0.493 e. The Morgan fingerprint density at radius 3 is 2.35 bits per heavy atom. The summed E-state index contributed by atoms with van der Waals surface area (Å²) in [5.41, 5.74) is 3.23. The molecule has 7 nitrogen and oxygen atoms in total. The molecule has 1 aliphatic heterocycles. The molecule has 0 saturated heterocycles. The quantitative estimate of drug-likeness (QED) is 0.653. The van der Waals surface area contributed by atoms with Gasteiger partial charge in [0.1, 0.15) is 16.9 Å². The summed E-state index contributed by atoms with van der Waals surface area (Å²) in [6, 6.07) is 13.7. The molecule has 1 atom stereocenters. The highest BCUT2D eigenvalue weighted by molar-refractivity contribution is 8.14. The summed E-state index contributed by atoms with van der Waals surface area (Å²) in [6.07, 6.45) is 0.741. The molecule has 164 valence electrons. The summed E-state index contributed by atoms with van der Waals surface area (Å²) in [5, 5.41) is 8.28. The molecule has 3 rings (SSSR count). The summed E-state index contributed by atoms with van der Waals surface area (Å²) >= 11 is 1.32. The van der Waals surface area contributed by atoms with Crippen LogP contribution in [0.3, 0.4) is 0 Å². The second-order valence-corrected chi connectivity index (χ2v) is 8.44. The molecule has 2 aromatic carbocycles. The Morgan fingerprint density at radius 2 is 1.71 bits per heavy atom. The van der Waals surface area contributed by atoms with Crippen LogP contribution in [-0.2, 0) is 9.59 Å². The standard InChI is InChI=1S/C23H27N3O4S/c1-15-11-16(2)13-21(12-15)30-10-6-9-29-20-8-5-7-19(14-20)22-26(18(4)28)25-23(31-22)24-17(3)27/h5,7-8,11-14,22H,6,9-10H2,1-4H3,(H,24,25,27)/t22-/m1/s1. The van der Waals surface area contributed by atoms with E-state index in [1.54, 1.807) is 0 Å². The van der Waals surface area contributed by atoms with Crippen molar-refractivity contribution in [1.82, 2.24) is 10.3 Å². The van der Waals surface area contributed by atoms with Crippen LogP contribution in [-0.4, -0.2) is 35.2 Å². The van der Waals surface area contributed by atoms with Crippen molar-refractivity contribution in [1.29, 1.82) is 0 Å². The number of nitrogens with one attached hydrogen (secondary N) is 1. The second kappa shape index (κ2) is 10.3. The summed E-state index contributed by atoms with van der Waals surface area (Å²) in [6.45, 7) is 8.03. The predicted octanol–water partition coefficient (Wildman–Crippen LogP) is 4.15. The monoisotopic (exact) mass is 441 g/mol. The van der Waals surface area contributed by atoms with Crippen LogP contribution in [0.2, 0.25) is 0 Å². The van der Waals surface area contributed by atoms with Crippen molar-refractivity contribution in [3.05, 3.63) is 59.2 Å². The van der Waals surface area contributed by atoms with Crippen molar-refractivity contribution >= 4 is 28.7 Å². The molecule has 1 heterocycles. The van der Waals surface area contributed by atoms with Gasteiger partial charge in [0, 0.05) is 20.3 Å². The third kappa shape index (κ3) is 6.49. The highest BCUT2D eigenvalue weighted by atomic mass is 32.2. The Bertz CT molecular complexity index is 972. The SMILES string of the molecule is CC(=O)NC1=NN(C(C)=O)[C@@H](c2cccc(OCCCOc3cc(C)cc(C)c3)c2)S1. The van der Waals surface area contributed by atoms with Crippen LogP contribution in [0.1, 0.15) is 42.3 Å². The van der Waals surface area contributed by atoms with Gasteiger partial charge in [-0.15, -0.1) is 5.10 Å². The van der Waals surface area contributed by atoms with E-state index in [4.69, 9.17) is 9.47 Å². The van der Waals surface area contributed by atoms with Crippen molar-refractivity contribution < 1.29 is 19.1 Å². The van der Waals surface area contributed by atoms with Gasteiger partial charge in [0.2, 0.25) is 11.8 Å². The third-order valence-corrected chi connectivity index (χ3v) is 5.52. The molecule has 0 saturated carbocycles. The third-order valence-electron chi connectivity index (χ3n) is 4.41. The van der Waals surface area contributed by atoms with E-state index in [1.807, 2.05) is 36.4 Å². The van der Waals surface area contributed by atoms with E-state index in [-0.39, 0.29) is 17.2 Å². The van der Waals surface area contributed by atoms with Crippen molar-refractivity contribution in [2.75, 3.05) is 13.2 Å². The molecule has 2 aromatic rings. The first-order chi connectivity index (χ1) is 14.8. The maximum atomic E-state index is 12.0. The average molecular weight is 442 g/mol. The van der Waals surface area contributed by atoms with E-state index in [2.05, 4.69) is 30.3 Å². The van der Waals surface area contributed by atoms with Crippen LogP contribution < -0.4 is 14.8 Å². The molecule has 0 aromatic heterocycles. The first kappa shape index (κ1) is 22.7. The summed E-state index contributed by atoms with van der Waals surface area (Å²) < 4.78 is 11.7. The average Bonchev–Trinajstić information content (AvgIpc) is 3.11. The maximum Gasteiger partial charge on any atom is 0.241 e. The van der Waals surface area contributed by atoms with Gasteiger partial charge in [-0.3, -0.25) is 9.59 Å². The number of hydrazone groups is 1. The number of amidine groups is 1. The fourth-order valence-corrected chi connectivity index (χ4v) is 4.32. The smallest absolute Gasteiger partial charge is 0.241 e. The second-order valence-electron chi connectivity index (χ2n) is 7.37. The van der Waals surface area contributed by atoms with Gasteiger partial charge < -0.3 is 14.8 Å². The van der Waals surface area contributed by atoms with Gasteiger partial charge in [0.05, 0.1) is 13.2 Å². The van der Waals surface area contributed by atoms with Crippen LogP contribution in [0.15, 0.2) is 47.6 Å². The number of nitrogens with zero attached hydrogens (tertiary/aromatic N) is 2. The molecular formula is C23H27N3O4S. The number of hydrogen-bond donors (Lipinski definition) is 1. The van der Waals surface area contributed by atoms with Gasteiger partial charge >= 0.3 is 0 Å². The van der Waals surface area contributed by atoms with Gasteiger partial charge in [0.25, 0.3) is 0 Å². The number of carbonyl (C=O) groups excluding carboxylic acids is 2. The van der Waals surface area contributed by atoms with E-state index in [0.717, 1.165) is 17.7 Å². The van der Waals surface area contributed by atoms with Gasteiger partial charge in [-0.2, -0.15) is 0 Å². The van der Waals surface area contributed by atoms with E-state index >= 15 is 0 Å². The van der Waals surface area contributed by atoms with E-state index in [1.165, 1.54) is 41.7 Å². The number of ether oxygens (including phenoxy) is 2. The van der Waals surface area contributed by atoms with Crippen molar-refractivity contribution in [3.8, 4) is 11.5 Å². The lowest BCUT2D eigenvalue weighted by molar-refractivity contribution is -0.129. The number of amides is 2. The number of aryl methyl sites for hydroxylation is 2. The first-order valence-corrected chi connectivity index (χ1v) is 11.0. The normalized spacial score (nSPS) is 15.4. The fourth-order valence-electron chi connectivity index (χ4n) is 3.19. The number of rotatable bonds is 7. The summed E-state index contributed by atoms with van der Waals surface area (Å²) in [5.74, 6) is 1.15. The van der Waals surface area contributed by atoms with Gasteiger partial charge in [-0.1, -0.05) is 30.0 Å². The number of hydrogen-bond acceptors (Lipinski definition) is 6. The van der Waals surface area contributed by atoms with E-state index in [9.17, 15) is 9.59 Å². The van der Waals surface area contributed by atoms with Crippen LogP contribution in [0.25, 0.3) is 0 Å². The molecule has 0 fully saturated rings. The molecule has 0 unspecified atom stereocenters. The number of carbonyl (C=O) groups is 2. The van der Waals surface area contributed by atoms with E-state index < -0.39 is 0 Å². The first-order valence-electron chi connectivity index (χ1n) is 10.1. The molecule has 1 aliphatic rings. The van der Waals surface area contributed by atoms with Crippen LogP contribution in [0.5, 0.6) is 11.5 Å². The Hall–Kier alpha value is -3.00. The maximum absolute atomic E-state index is 12.0. The van der Waals surface area contributed by atoms with Crippen LogP contribution >= 0.6 is 11.8 Å². The number of benzene rings is 2. The lowest BCUT2D eigenvalue weighted by atomic mass is 10.1. The Labute approximate surface area is 186 Å². The van der Waals surface area contributed by atoms with Gasteiger partial charge in [-0.25, -0.2) is 5.01 Å². The minimum atomic E-state index is -0.351. The Morgan fingerprint density at radius 1 is 1.03 bits per heavy atom. The van der Waals surface area contributed by atoms with Crippen molar-refractivity contribution in [3.63, 3.8) is 0 Å². The molecule has 2 amide bonds. The zero-order valence-corrected chi connectivity index (χ0v) is 19.0. The number of thioether (sulfide) groups is 1. The molecule has 0 bridgehead atoms. The summed E-state index contributed by atoms with van der Waals surface area (Å²) in [4.78, 5) is 23.3. The van der Waals surface area contributed by atoms with E-state index in [0.29, 0.717) is 24.1 Å². The van der Waals surface area contributed by atoms with Crippen LogP contribution in [0, 0.1) is 13.8 Å². The molecule has 8 heteroatoms. The molecule has 0 aliphatic carbocycles.